The zero-order valence-electron chi connectivity index (χ0n) is 23.9. The van der Waals surface area contributed by atoms with Gasteiger partial charge in [-0.25, -0.2) is 9.59 Å². The first-order valence-electron chi connectivity index (χ1n) is 13.6. The van der Waals surface area contributed by atoms with Gasteiger partial charge in [0.2, 0.25) is 0 Å². The molecule has 2 heterocycles. The smallest absolute Gasteiger partial charge is 0.410 e. The Hall–Kier alpha value is -3.87. The largest absolute Gasteiger partial charge is 0.465 e. The van der Waals surface area contributed by atoms with Crippen molar-refractivity contribution in [3.05, 3.63) is 88.7 Å². The minimum absolute atomic E-state index is 0.197. The Balaban J connectivity index is 1.64. The molecule has 3 aromatic rings. The van der Waals surface area contributed by atoms with Gasteiger partial charge in [-0.05, 0) is 99.0 Å². The van der Waals surface area contributed by atoms with Crippen LogP contribution < -0.4 is 4.90 Å². The average Bonchev–Trinajstić information content (AvgIpc) is 2.93. The third-order valence-electron chi connectivity index (χ3n) is 7.23. The summed E-state index contributed by atoms with van der Waals surface area (Å²) in [4.78, 5) is 33.9. The van der Waals surface area contributed by atoms with E-state index >= 15 is 0 Å². The number of methoxy groups -OCH3 is 1. The van der Waals surface area contributed by atoms with Crippen molar-refractivity contribution in [2.45, 2.75) is 65.0 Å². The first-order valence-corrected chi connectivity index (χ1v) is 13.6. The number of aryl methyl sites for hydroxylation is 2. The van der Waals surface area contributed by atoms with Gasteiger partial charge >= 0.3 is 12.1 Å². The molecule has 0 unspecified atom stereocenters. The molecule has 2 aromatic carbocycles. The van der Waals surface area contributed by atoms with Gasteiger partial charge in [0.15, 0.2) is 0 Å². The number of carbonyl (C=O) groups is 2. The first-order chi connectivity index (χ1) is 18.6. The van der Waals surface area contributed by atoms with Crippen LogP contribution in [0.5, 0.6) is 0 Å². The molecule has 206 valence electrons. The van der Waals surface area contributed by atoms with Crippen LogP contribution in [0.3, 0.4) is 0 Å². The Bertz CT molecular complexity index is 1310. The zero-order chi connectivity index (χ0) is 28.2. The summed E-state index contributed by atoms with van der Waals surface area (Å²) >= 11 is 0. The molecule has 0 radical (unpaired) electrons. The lowest BCUT2D eigenvalue weighted by Crippen LogP contribution is -2.43. The Morgan fingerprint density at radius 3 is 2.46 bits per heavy atom. The highest BCUT2D eigenvalue weighted by Gasteiger charge is 2.34. The lowest BCUT2D eigenvalue weighted by atomic mass is 9.88. The van der Waals surface area contributed by atoms with Crippen molar-refractivity contribution in [1.29, 1.82) is 0 Å². The minimum atomic E-state index is -0.594. The number of amides is 1. The summed E-state index contributed by atoms with van der Waals surface area (Å²) in [5, 5.41) is 0. The fourth-order valence-corrected chi connectivity index (χ4v) is 5.09. The molecule has 7 heteroatoms. The third kappa shape index (κ3) is 6.59. The molecule has 39 heavy (non-hydrogen) atoms. The van der Waals surface area contributed by atoms with Crippen LogP contribution in [0.15, 0.2) is 60.9 Å². The monoisotopic (exact) mass is 529 g/mol. The summed E-state index contributed by atoms with van der Waals surface area (Å²) in [7, 11) is 3.45. The van der Waals surface area contributed by atoms with E-state index in [-0.39, 0.29) is 18.1 Å². The van der Waals surface area contributed by atoms with Gasteiger partial charge in [0.25, 0.3) is 0 Å². The summed E-state index contributed by atoms with van der Waals surface area (Å²) in [6, 6.07) is 16.6. The molecule has 4 rings (SSSR count). The highest BCUT2D eigenvalue weighted by atomic mass is 16.6. The average molecular weight is 530 g/mol. The maximum absolute atomic E-state index is 13.3. The zero-order valence-corrected chi connectivity index (χ0v) is 23.9. The molecule has 0 saturated carbocycles. The van der Waals surface area contributed by atoms with Crippen molar-refractivity contribution in [3.8, 4) is 0 Å². The van der Waals surface area contributed by atoms with Crippen LogP contribution in [0.1, 0.15) is 72.8 Å². The third-order valence-corrected chi connectivity index (χ3v) is 7.23. The van der Waals surface area contributed by atoms with Gasteiger partial charge in [0.05, 0.1) is 18.7 Å². The van der Waals surface area contributed by atoms with Crippen LogP contribution in [0.2, 0.25) is 0 Å². The Morgan fingerprint density at radius 1 is 1.08 bits per heavy atom. The van der Waals surface area contributed by atoms with E-state index in [0.717, 1.165) is 35.3 Å². The molecule has 0 N–H and O–H groups in total. The second kappa shape index (κ2) is 11.9. The number of carbonyl (C=O) groups excluding carboxylic acids is 2. The SMILES string of the molecule is CCc1ccc(N(C)c2ccc3c(c2)CCN(C(=O)OC(C)(C)C)[C@H]3CCc2cnccc2C(=O)OC)cc1. The van der Waals surface area contributed by atoms with Crippen LogP contribution in [0.4, 0.5) is 16.2 Å². The summed E-state index contributed by atoms with van der Waals surface area (Å²) < 4.78 is 10.8. The van der Waals surface area contributed by atoms with E-state index < -0.39 is 5.60 Å². The van der Waals surface area contributed by atoms with E-state index in [4.69, 9.17) is 9.47 Å². The molecular formula is C32H39N3O4. The van der Waals surface area contributed by atoms with Gasteiger partial charge in [0.1, 0.15) is 5.60 Å². The minimum Gasteiger partial charge on any atom is -0.465 e. The number of hydrogen-bond donors (Lipinski definition) is 0. The highest BCUT2D eigenvalue weighted by Crippen LogP contribution is 2.37. The lowest BCUT2D eigenvalue weighted by Gasteiger charge is -2.39. The van der Waals surface area contributed by atoms with Gasteiger partial charge < -0.3 is 19.3 Å². The standard InChI is InChI=1S/C32H39N3O4/c1-7-22-8-11-25(12-9-22)34(5)26-13-14-27-23(20-26)17-19-35(31(37)39-32(2,3)4)29(27)15-10-24-21-33-18-16-28(24)30(36)38-6/h8-9,11-14,16,18,20-21,29H,7,10,15,17,19H2,1-6H3/t29-/m0/s1. The number of fused-ring (bicyclic) bond motifs is 1. The molecule has 0 spiro atoms. The lowest BCUT2D eigenvalue weighted by molar-refractivity contribution is 0.0132. The topological polar surface area (TPSA) is 72.0 Å². The number of rotatable bonds is 7. The summed E-state index contributed by atoms with van der Waals surface area (Å²) in [5.41, 5.74) is 6.56. The summed E-state index contributed by atoms with van der Waals surface area (Å²) in [5.74, 6) is -0.389. The van der Waals surface area contributed by atoms with E-state index in [1.165, 1.54) is 18.2 Å². The summed E-state index contributed by atoms with van der Waals surface area (Å²) in [6.45, 7) is 8.35. The second-order valence-electron chi connectivity index (χ2n) is 11.0. The molecule has 1 atom stereocenters. The van der Waals surface area contributed by atoms with E-state index in [1.54, 1.807) is 18.5 Å². The maximum Gasteiger partial charge on any atom is 0.410 e. The molecule has 0 bridgehead atoms. The van der Waals surface area contributed by atoms with Crippen LogP contribution in [0, 0.1) is 0 Å². The Morgan fingerprint density at radius 2 is 1.79 bits per heavy atom. The number of aromatic nitrogens is 1. The van der Waals surface area contributed by atoms with Crippen molar-refractivity contribution >= 4 is 23.4 Å². The van der Waals surface area contributed by atoms with E-state index in [2.05, 4.69) is 66.3 Å². The molecule has 1 aliphatic heterocycles. The van der Waals surface area contributed by atoms with E-state index in [1.807, 2.05) is 25.7 Å². The van der Waals surface area contributed by atoms with E-state index in [0.29, 0.717) is 24.9 Å². The fraction of sp³-hybridized carbons (Fsp3) is 0.406. The van der Waals surface area contributed by atoms with Gasteiger partial charge in [-0.2, -0.15) is 0 Å². The molecule has 0 saturated heterocycles. The van der Waals surface area contributed by atoms with Crippen molar-refractivity contribution in [2.24, 2.45) is 0 Å². The number of pyridine rings is 1. The van der Waals surface area contributed by atoms with Gasteiger partial charge in [-0.15, -0.1) is 0 Å². The maximum atomic E-state index is 13.3. The molecule has 1 aliphatic rings. The molecule has 0 fully saturated rings. The highest BCUT2D eigenvalue weighted by molar-refractivity contribution is 5.90. The number of benzene rings is 2. The molecule has 7 nitrogen and oxygen atoms in total. The summed E-state index contributed by atoms with van der Waals surface area (Å²) in [6.07, 6.45) is 5.90. The van der Waals surface area contributed by atoms with Crippen molar-refractivity contribution in [3.63, 3.8) is 0 Å². The molecular weight excluding hydrogens is 490 g/mol. The van der Waals surface area contributed by atoms with Crippen LogP contribution >= 0.6 is 0 Å². The molecule has 1 amide bonds. The number of esters is 1. The number of nitrogens with zero attached hydrogens (tertiary/aromatic N) is 3. The van der Waals surface area contributed by atoms with Gasteiger partial charge in [-0.1, -0.05) is 25.1 Å². The van der Waals surface area contributed by atoms with Gasteiger partial charge in [-0.3, -0.25) is 4.98 Å². The predicted molar refractivity (Wildman–Crippen MR) is 154 cm³/mol. The second-order valence-corrected chi connectivity index (χ2v) is 11.0. The molecule has 0 aliphatic carbocycles. The molecule has 1 aromatic heterocycles. The van der Waals surface area contributed by atoms with Crippen LogP contribution in [0.25, 0.3) is 0 Å². The van der Waals surface area contributed by atoms with E-state index in [9.17, 15) is 9.59 Å². The number of anilines is 2. The van der Waals surface area contributed by atoms with Crippen molar-refractivity contribution < 1.29 is 19.1 Å². The fourth-order valence-electron chi connectivity index (χ4n) is 5.09. The number of ether oxygens (including phenoxy) is 2. The first kappa shape index (κ1) is 28.1. The number of hydrogen-bond acceptors (Lipinski definition) is 6. The Labute approximate surface area is 231 Å². The van der Waals surface area contributed by atoms with Crippen molar-refractivity contribution in [1.82, 2.24) is 9.88 Å². The van der Waals surface area contributed by atoms with Crippen LogP contribution in [-0.2, 0) is 28.7 Å². The van der Waals surface area contributed by atoms with Gasteiger partial charge in [0, 0.05) is 37.4 Å². The quantitative estimate of drug-likeness (QED) is 0.319. The predicted octanol–water partition coefficient (Wildman–Crippen LogP) is 6.67. The van der Waals surface area contributed by atoms with Crippen LogP contribution in [-0.4, -0.2) is 48.2 Å². The van der Waals surface area contributed by atoms with Crippen molar-refractivity contribution in [2.75, 3.05) is 25.6 Å². The normalized spacial score (nSPS) is 14.9. The Kier molecular flexibility index (Phi) is 8.58.